The highest BCUT2D eigenvalue weighted by Crippen LogP contribution is 2.28. The van der Waals surface area contributed by atoms with Gasteiger partial charge in [0.2, 0.25) is 0 Å². The Bertz CT molecular complexity index is 435. The third kappa shape index (κ3) is 13.2. The molecule has 0 rings (SSSR count). The van der Waals surface area contributed by atoms with E-state index < -0.39 is 53.3 Å². The number of hydrogen-bond donors (Lipinski definition) is 0. The molecule has 0 aromatic rings. The van der Waals surface area contributed by atoms with E-state index in [1.807, 2.05) is 20.8 Å². The molecule has 0 bridgehead atoms. The van der Waals surface area contributed by atoms with Gasteiger partial charge in [-0.25, -0.2) is 0 Å². The molecule has 0 radical (unpaired) electrons. The molecule has 29 heavy (non-hydrogen) atoms. The maximum atomic E-state index is 6.65. The van der Waals surface area contributed by atoms with Crippen LogP contribution in [-0.2, 0) is 29.7 Å². The molecule has 0 spiro atoms. The summed E-state index contributed by atoms with van der Waals surface area (Å²) in [6, 6.07) is 1.48. The van der Waals surface area contributed by atoms with Crippen molar-refractivity contribution in [3.63, 3.8) is 0 Å². The van der Waals surface area contributed by atoms with Gasteiger partial charge in [0, 0.05) is 25.9 Å². The van der Waals surface area contributed by atoms with Crippen molar-refractivity contribution in [1.82, 2.24) is 0 Å². The topological polar surface area (TPSA) is 64.6 Å². The molecule has 7 nitrogen and oxygen atoms in total. The Morgan fingerprint density at radius 2 is 1.24 bits per heavy atom. The van der Waals surface area contributed by atoms with Crippen LogP contribution in [0.5, 0.6) is 0 Å². The lowest BCUT2D eigenvalue weighted by molar-refractivity contribution is 0.0719. The standard InChI is InChI=1S/C16H46O7Si6/c1-12-17-29(18-13-2,19-14-3)16-15-28(11,23-26(6,7)8)22-25(5)21-27(9,10)20-24-4/h25H,12-16,24H2,1-11H3. The van der Waals surface area contributed by atoms with Gasteiger partial charge in [-0.2, -0.15) is 0 Å². The monoisotopic (exact) mass is 518 g/mol. The molecule has 0 saturated carbocycles. The Balaban J connectivity index is 5.41. The van der Waals surface area contributed by atoms with Gasteiger partial charge in [0.15, 0.2) is 8.32 Å². The lowest BCUT2D eigenvalue weighted by Crippen LogP contribution is -2.55. The highest BCUT2D eigenvalue weighted by atomic mass is 28.5. The third-order valence-electron chi connectivity index (χ3n) is 3.86. The first kappa shape index (κ1) is 30.0. The van der Waals surface area contributed by atoms with Crippen molar-refractivity contribution in [3.05, 3.63) is 0 Å². The van der Waals surface area contributed by atoms with Crippen molar-refractivity contribution < 1.29 is 29.7 Å². The summed E-state index contributed by atoms with van der Waals surface area (Å²) in [5, 5.41) is 0. The summed E-state index contributed by atoms with van der Waals surface area (Å²) in [4.78, 5) is 0. The smallest absolute Gasteiger partial charge is 0.442 e. The van der Waals surface area contributed by atoms with Gasteiger partial charge in [-0.3, -0.25) is 0 Å². The van der Waals surface area contributed by atoms with Crippen LogP contribution in [0.1, 0.15) is 20.8 Å². The highest BCUT2D eigenvalue weighted by Gasteiger charge is 2.47. The number of rotatable bonds is 17. The fourth-order valence-corrected chi connectivity index (χ4v) is 25.3. The first-order chi connectivity index (χ1) is 13.3. The normalized spacial score (nSPS) is 17.1. The number of hydrogen-bond acceptors (Lipinski definition) is 7. The van der Waals surface area contributed by atoms with E-state index in [1.165, 1.54) is 0 Å². The van der Waals surface area contributed by atoms with E-state index in [4.69, 9.17) is 29.7 Å². The molecule has 13 heteroatoms. The van der Waals surface area contributed by atoms with E-state index in [0.717, 1.165) is 6.04 Å². The highest BCUT2D eigenvalue weighted by molar-refractivity contribution is 6.86. The Labute approximate surface area is 187 Å². The van der Waals surface area contributed by atoms with Crippen LogP contribution in [0.2, 0.25) is 64.5 Å². The maximum absolute atomic E-state index is 6.65. The van der Waals surface area contributed by atoms with E-state index in [9.17, 15) is 0 Å². The minimum absolute atomic E-state index is 0.502. The molecule has 0 N–H and O–H groups in total. The molecule has 0 aliphatic heterocycles. The zero-order valence-corrected chi connectivity index (χ0v) is 27.2. The second kappa shape index (κ2) is 13.5. The summed E-state index contributed by atoms with van der Waals surface area (Å²) < 4.78 is 43.7. The average Bonchev–Trinajstić information content (AvgIpc) is 2.51. The molecule has 0 fully saturated rings. The van der Waals surface area contributed by atoms with Crippen molar-refractivity contribution in [2.24, 2.45) is 0 Å². The van der Waals surface area contributed by atoms with Crippen LogP contribution in [0.25, 0.3) is 0 Å². The average molecular weight is 519 g/mol. The van der Waals surface area contributed by atoms with Gasteiger partial charge >= 0.3 is 35.2 Å². The van der Waals surface area contributed by atoms with Crippen molar-refractivity contribution in [3.8, 4) is 0 Å². The fourth-order valence-electron chi connectivity index (χ4n) is 3.32. The largest absolute Gasteiger partial charge is 0.500 e. The molecule has 0 aromatic heterocycles. The minimum atomic E-state index is -2.74. The minimum Gasteiger partial charge on any atom is -0.442 e. The summed E-state index contributed by atoms with van der Waals surface area (Å²) in [5.41, 5.74) is 0. The van der Waals surface area contributed by atoms with Gasteiger partial charge in [-0.05, 0) is 72.6 Å². The van der Waals surface area contributed by atoms with Crippen LogP contribution >= 0.6 is 0 Å². The van der Waals surface area contributed by atoms with Crippen LogP contribution in [0, 0.1) is 0 Å². The first-order valence-corrected chi connectivity index (χ1v) is 25.6. The second-order valence-corrected chi connectivity index (χ2v) is 26.6. The Hall–Kier alpha value is 1.02. The third-order valence-corrected chi connectivity index (χ3v) is 23.6. The van der Waals surface area contributed by atoms with E-state index in [0.29, 0.717) is 25.9 Å². The Kier molecular flexibility index (Phi) is 14.0. The van der Waals surface area contributed by atoms with Gasteiger partial charge in [0.1, 0.15) is 9.76 Å². The molecule has 2 atom stereocenters. The van der Waals surface area contributed by atoms with Gasteiger partial charge in [-0.15, -0.1) is 0 Å². The fraction of sp³-hybridized carbons (Fsp3) is 1.00. The summed E-state index contributed by atoms with van der Waals surface area (Å²) in [5.74, 6) is 0. The molecule has 0 saturated heterocycles. The molecule has 176 valence electrons. The predicted molar refractivity (Wildman–Crippen MR) is 134 cm³/mol. The van der Waals surface area contributed by atoms with Gasteiger partial charge in [-0.1, -0.05) is 6.55 Å². The van der Waals surface area contributed by atoms with Gasteiger partial charge in [0.25, 0.3) is 0 Å². The molecule has 0 aliphatic rings. The van der Waals surface area contributed by atoms with Crippen LogP contribution in [-0.4, -0.2) is 73.1 Å². The van der Waals surface area contributed by atoms with E-state index >= 15 is 0 Å². The first-order valence-electron chi connectivity index (χ1n) is 10.9. The van der Waals surface area contributed by atoms with Crippen LogP contribution < -0.4 is 0 Å². The summed E-state index contributed by atoms with van der Waals surface area (Å²) in [7, 11) is -11.5. The quantitative estimate of drug-likeness (QED) is 0.272. The van der Waals surface area contributed by atoms with Crippen LogP contribution in [0.3, 0.4) is 0 Å². The predicted octanol–water partition coefficient (Wildman–Crippen LogP) is 3.69. The lowest BCUT2D eigenvalue weighted by atomic mass is 10.9. The molecular formula is C16H46O7Si6. The van der Waals surface area contributed by atoms with E-state index in [-0.39, 0.29) is 0 Å². The maximum Gasteiger partial charge on any atom is 0.500 e. The molecular weight excluding hydrogens is 473 g/mol. The Morgan fingerprint density at radius 3 is 1.62 bits per heavy atom. The molecule has 0 amide bonds. The van der Waals surface area contributed by atoms with Crippen molar-refractivity contribution in [2.75, 3.05) is 19.8 Å². The summed E-state index contributed by atoms with van der Waals surface area (Å²) >= 11 is 0. The van der Waals surface area contributed by atoms with E-state index in [1.54, 1.807) is 0 Å². The van der Waals surface area contributed by atoms with E-state index in [2.05, 4.69) is 52.4 Å². The molecule has 2 unspecified atom stereocenters. The van der Waals surface area contributed by atoms with Crippen LogP contribution in [0.15, 0.2) is 0 Å². The zero-order valence-electron chi connectivity index (χ0n) is 20.7. The summed E-state index contributed by atoms with van der Waals surface area (Å²) in [6.07, 6.45) is 0. The second-order valence-electron chi connectivity index (χ2n) is 8.47. The van der Waals surface area contributed by atoms with Crippen molar-refractivity contribution in [1.29, 1.82) is 0 Å². The molecule has 0 heterocycles. The van der Waals surface area contributed by atoms with Crippen molar-refractivity contribution in [2.45, 2.75) is 85.2 Å². The van der Waals surface area contributed by atoms with Gasteiger partial charge in [0.05, 0.1) is 0 Å². The van der Waals surface area contributed by atoms with Crippen LogP contribution in [0.4, 0.5) is 0 Å². The summed E-state index contributed by atoms with van der Waals surface area (Å²) in [6.45, 7) is 24.9. The lowest BCUT2D eigenvalue weighted by Gasteiger charge is -2.39. The SMILES string of the molecule is CCO[Si](CC[Si](C)(O[SiH](C)O[Si](C)(C)O[SiH2]C)O[Si](C)(C)C)(OCC)OCC. The molecule has 0 aliphatic carbocycles. The van der Waals surface area contributed by atoms with Gasteiger partial charge < -0.3 is 29.7 Å². The zero-order chi connectivity index (χ0) is 22.8. The van der Waals surface area contributed by atoms with Crippen molar-refractivity contribution >= 4 is 53.3 Å². The molecule has 0 aromatic carbocycles. The Morgan fingerprint density at radius 1 is 0.759 bits per heavy atom.